The van der Waals surface area contributed by atoms with Crippen LogP contribution in [0, 0.1) is 0 Å². The van der Waals surface area contributed by atoms with Gasteiger partial charge < -0.3 is 10.2 Å². The van der Waals surface area contributed by atoms with E-state index in [2.05, 4.69) is 22.2 Å². The van der Waals surface area contributed by atoms with E-state index < -0.39 is 0 Å². The number of benzene rings is 1. The van der Waals surface area contributed by atoms with Gasteiger partial charge in [0.1, 0.15) is 5.82 Å². The summed E-state index contributed by atoms with van der Waals surface area (Å²) in [4.78, 5) is 24.2. The summed E-state index contributed by atoms with van der Waals surface area (Å²) in [5, 5.41) is 9.96. The summed E-state index contributed by atoms with van der Waals surface area (Å²) in [6.45, 7) is 5.00. The molecule has 1 aromatic carbocycles. The number of aromatic nitrogens is 4. The Hall–Kier alpha value is -2.03. The fourth-order valence-electron chi connectivity index (χ4n) is 3.51. The summed E-state index contributed by atoms with van der Waals surface area (Å²) >= 11 is 13.6. The smallest absolute Gasteiger partial charge is 0.251 e. The van der Waals surface area contributed by atoms with Gasteiger partial charge in [0.25, 0.3) is 5.91 Å². The van der Waals surface area contributed by atoms with Gasteiger partial charge in [0.2, 0.25) is 0 Å². The summed E-state index contributed by atoms with van der Waals surface area (Å²) in [5.41, 5.74) is 1.22. The summed E-state index contributed by atoms with van der Waals surface area (Å²) in [6.07, 6.45) is 4.17. The highest BCUT2D eigenvalue weighted by molar-refractivity contribution is 7.99. The fraction of sp³-hybridized carbons (Fsp3) is 0.400. The molecule has 3 heterocycles. The van der Waals surface area contributed by atoms with Gasteiger partial charge in [0, 0.05) is 35.2 Å². The molecule has 0 spiro atoms. The topological polar surface area (TPSA) is 75.9 Å². The largest absolute Gasteiger partial charge is 0.356 e. The first-order chi connectivity index (χ1) is 14.5. The van der Waals surface area contributed by atoms with Crippen molar-refractivity contribution in [2.75, 3.05) is 30.3 Å². The molecule has 1 aliphatic rings. The lowest BCUT2D eigenvalue weighted by molar-refractivity contribution is 0.0952. The summed E-state index contributed by atoms with van der Waals surface area (Å²) in [6, 6.07) is 4.78. The number of rotatable bonds is 7. The zero-order chi connectivity index (χ0) is 21.1. The highest BCUT2D eigenvalue weighted by Crippen LogP contribution is 2.29. The minimum Gasteiger partial charge on any atom is -0.356 e. The van der Waals surface area contributed by atoms with Crippen LogP contribution in [0.2, 0.25) is 10.0 Å². The van der Waals surface area contributed by atoms with Gasteiger partial charge in [-0.1, -0.05) is 41.9 Å². The molecule has 1 N–H and O–H groups in total. The van der Waals surface area contributed by atoms with E-state index in [4.69, 9.17) is 33.2 Å². The van der Waals surface area contributed by atoms with E-state index in [0.717, 1.165) is 40.9 Å². The Labute approximate surface area is 189 Å². The van der Waals surface area contributed by atoms with E-state index in [9.17, 15) is 4.79 Å². The number of nitrogens with zero attached hydrogens (tertiary/aromatic N) is 5. The molecule has 1 saturated heterocycles. The lowest BCUT2D eigenvalue weighted by Gasteiger charge is -2.17. The van der Waals surface area contributed by atoms with Crippen molar-refractivity contribution >= 4 is 57.7 Å². The predicted molar refractivity (Wildman–Crippen MR) is 122 cm³/mol. The Bertz CT molecular complexity index is 1050. The van der Waals surface area contributed by atoms with E-state index in [1.165, 1.54) is 12.8 Å². The first-order valence-electron chi connectivity index (χ1n) is 9.90. The van der Waals surface area contributed by atoms with Gasteiger partial charge in [0.15, 0.2) is 10.8 Å². The van der Waals surface area contributed by atoms with Crippen LogP contribution < -0.4 is 10.2 Å². The molecule has 0 bridgehead atoms. The zero-order valence-electron chi connectivity index (χ0n) is 16.6. The summed E-state index contributed by atoms with van der Waals surface area (Å²) < 4.78 is 1.82. The molecule has 30 heavy (non-hydrogen) atoms. The standard InChI is InChI=1S/C20H22Cl2N6OS/c1-2-30-20-25-17(27-6-3-4-7-27)16-12-24-28(18(16)26-20)8-5-23-19(29)13-9-14(21)11-15(22)10-13/h9-12H,2-8H2,1H3,(H,23,29). The number of amides is 1. The molecule has 0 radical (unpaired) electrons. The molecule has 0 aliphatic carbocycles. The number of thioether (sulfide) groups is 1. The second-order valence-corrected chi connectivity index (χ2v) is 9.08. The van der Waals surface area contributed by atoms with Crippen LogP contribution in [0.5, 0.6) is 0 Å². The van der Waals surface area contributed by atoms with Crippen molar-refractivity contribution in [1.29, 1.82) is 0 Å². The molecule has 3 aromatic rings. The van der Waals surface area contributed by atoms with Gasteiger partial charge in [-0.15, -0.1) is 0 Å². The number of hydrogen-bond acceptors (Lipinski definition) is 6. The molecule has 158 valence electrons. The molecular formula is C20H22Cl2N6OS. The zero-order valence-corrected chi connectivity index (χ0v) is 18.9. The Morgan fingerprint density at radius 3 is 2.60 bits per heavy atom. The van der Waals surface area contributed by atoms with Crippen molar-refractivity contribution in [2.24, 2.45) is 0 Å². The van der Waals surface area contributed by atoms with Crippen LogP contribution in [0.15, 0.2) is 29.6 Å². The number of fused-ring (bicyclic) bond motifs is 1. The average Bonchev–Trinajstić information content (AvgIpc) is 3.37. The molecule has 0 unspecified atom stereocenters. The van der Waals surface area contributed by atoms with Crippen LogP contribution in [0.3, 0.4) is 0 Å². The number of hydrogen-bond donors (Lipinski definition) is 1. The SMILES string of the molecule is CCSc1nc(N2CCCC2)c2cnn(CCNC(=O)c3cc(Cl)cc(Cl)c3)c2n1. The first-order valence-corrected chi connectivity index (χ1v) is 11.6. The lowest BCUT2D eigenvalue weighted by atomic mass is 10.2. The van der Waals surface area contributed by atoms with Gasteiger partial charge >= 0.3 is 0 Å². The predicted octanol–water partition coefficient (Wildman–Crippen LogP) is 4.28. The summed E-state index contributed by atoms with van der Waals surface area (Å²) in [5.74, 6) is 1.62. The van der Waals surface area contributed by atoms with Gasteiger partial charge in [-0.2, -0.15) is 5.10 Å². The lowest BCUT2D eigenvalue weighted by Crippen LogP contribution is -2.27. The molecule has 0 atom stereocenters. The van der Waals surface area contributed by atoms with Gasteiger partial charge in [-0.3, -0.25) is 4.79 Å². The van der Waals surface area contributed by atoms with Crippen molar-refractivity contribution in [1.82, 2.24) is 25.1 Å². The molecule has 7 nitrogen and oxygen atoms in total. The normalized spacial score (nSPS) is 13.9. The van der Waals surface area contributed by atoms with Crippen LogP contribution in [0.1, 0.15) is 30.1 Å². The Kier molecular flexibility index (Phi) is 6.65. The van der Waals surface area contributed by atoms with Crippen LogP contribution in [0.25, 0.3) is 11.0 Å². The van der Waals surface area contributed by atoms with Gasteiger partial charge in [-0.05, 0) is 36.8 Å². The monoisotopic (exact) mass is 464 g/mol. The van der Waals surface area contributed by atoms with Crippen molar-refractivity contribution < 1.29 is 4.79 Å². The van der Waals surface area contributed by atoms with E-state index in [0.29, 0.717) is 28.7 Å². The second kappa shape index (κ2) is 9.41. The summed E-state index contributed by atoms with van der Waals surface area (Å²) in [7, 11) is 0. The average molecular weight is 465 g/mol. The quantitative estimate of drug-likeness (QED) is 0.415. The van der Waals surface area contributed by atoms with Gasteiger partial charge in [0.05, 0.1) is 18.1 Å². The maximum atomic E-state index is 12.4. The van der Waals surface area contributed by atoms with E-state index in [1.807, 2.05) is 10.9 Å². The third-order valence-corrected chi connectivity index (χ3v) is 6.03. The molecule has 4 rings (SSSR count). The highest BCUT2D eigenvalue weighted by atomic mass is 35.5. The maximum absolute atomic E-state index is 12.4. The first kappa shape index (κ1) is 21.2. The fourth-order valence-corrected chi connectivity index (χ4v) is 4.60. The number of carbonyl (C=O) groups is 1. The van der Waals surface area contributed by atoms with Crippen molar-refractivity contribution in [3.63, 3.8) is 0 Å². The van der Waals surface area contributed by atoms with Crippen LogP contribution in [-0.4, -0.2) is 51.0 Å². The maximum Gasteiger partial charge on any atom is 0.251 e. The molecule has 1 amide bonds. The van der Waals surface area contributed by atoms with Gasteiger partial charge in [-0.25, -0.2) is 14.6 Å². The van der Waals surface area contributed by atoms with Crippen LogP contribution in [0.4, 0.5) is 5.82 Å². The Morgan fingerprint density at radius 1 is 1.17 bits per heavy atom. The molecular weight excluding hydrogens is 443 g/mol. The molecule has 1 fully saturated rings. The van der Waals surface area contributed by atoms with E-state index >= 15 is 0 Å². The Morgan fingerprint density at radius 2 is 1.90 bits per heavy atom. The third kappa shape index (κ3) is 4.66. The number of nitrogens with one attached hydrogen (secondary N) is 1. The van der Waals surface area contributed by atoms with E-state index in [-0.39, 0.29) is 5.91 Å². The van der Waals surface area contributed by atoms with Crippen molar-refractivity contribution in [2.45, 2.75) is 31.5 Å². The number of anilines is 1. The molecule has 1 aliphatic heterocycles. The van der Waals surface area contributed by atoms with Crippen LogP contribution in [-0.2, 0) is 6.54 Å². The third-order valence-electron chi connectivity index (χ3n) is 4.87. The highest BCUT2D eigenvalue weighted by Gasteiger charge is 2.20. The minimum atomic E-state index is -0.231. The van der Waals surface area contributed by atoms with Crippen LogP contribution >= 0.6 is 35.0 Å². The molecule has 0 saturated carbocycles. The Balaban J connectivity index is 1.52. The second-order valence-electron chi connectivity index (χ2n) is 6.98. The number of halogens is 2. The number of carbonyl (C=O) groups excluding carboxylic acids is 1. The van der Waals surface area contributed by atoms with E-state index in [1.54, 1.807) is 30.0 Å². The van der Waals surface area contributed by atoms with Crippen molar-refractivity contribution in [3.8, 4) is 0 Å². The molecule has 2 aromatic heterocycles. The minimum absolute atomic E-state index is 0.231. The molecule has 10 heteroatoms. The van der Waals surface area contributed by atoms with Crippen molar-refractivity contribution in [3.05, 3.63) is 40.0 Å².